The molecule has 0 aliphatic carbocycles. The van der Waals surface area contributed by atoms with Crippen molar-refractivity contribution in [1.29, 1.82) is 0 Å². The Bertz CT molecular complexity index is 876. The predicted molar refractivity (Wildman–Crippen MR) is 103 cm³/mol. The quantitative estimate of drug-likeness (QED) is 0.881. The summed E-state index contributed by atoms with van der Waals surface area (Å²) in [5.41, 5.74) is 2.97. The lowest BCUT2D eigenvalue weighted by Crippen LogP contribution is -2.36. The highest BCUT2D eigenvalue weighted by Crippen LogP contribution is 2.31. The molecule has 6 nitrogen and oxygen atoms in total. The second kappa shape index (κ2) is 7.70. The van der Waals surface area contributed by atoms with Crippen LogP contribution in [-0.2, 0) is 11.3 Å². The maximum absolute atomic E-state index is 12.6. The van der Waals surface area contributed by atoms with Crippen molar-refractivity contribution in [3.05, 3.63) is 53.1 Å². The Balaban J connectivity index is 1.95. The van der Waals surface area contributed by atoms with Crippen LogP contribution in [0.2, 0.25) is 0 Å². The van der Waals surface area contributed by atoms with Gasteiger partial charge in [-0.05, 0) is 50.6 Å². The number of rotatable bonds is 5. The maximum Gasteiger partial charge on any atom is 0.253 e. The molecule has 0 atom stereocenters. The summed E-state index contributed by atoms with van der Waals surface area (Å²) < 4.78 is 11.2. The second-order valence-electron chi connectivity index (χ2n) is 6.83. The monoisotopic (exact) mass is 368 g/mol. The molecule has 3 rings (SSSR count). The fraction of sp³-hybridized carbons (Fsp3) is 0.333. The molecule has 1 N–H and O–H groups in total. The zero-order chi connectivity index (χ0) is 19.6. The third-order valence-corrected chi connectivity index (χ3v) is 4.32. The smallest absolute Gasteiger partial charge is 0.253 e. The molecule has 142 valence electrons. The van der Waals surface area contributed by atoms with Gasteiger partial charge in [0.25, 0.3) is 5.91 Å². The fourth-order valence-corrected chi connectivity index (χ4v) is 3.07. The van der Waals surface area contributed by atoms with E-state index in [4.69, 9.17) is 9.47 Å². The van der Waals surface area contributed by atoms with Gasteiger partial charge in [-0.2, -0.15) is 0 Å². The Hall–Kier alpha value is -3.02. The standard InChI is InChI=1S/C21H24N2O4/c1-13(2)27-18-8-6-15(10-19(18)26-4)12-23-17-7-5-14(3)9-16(17)21(25)22-11-20(23)24/h5-10,13H,11-12H2,1-4H3,(H,22,25). The number of benzene rings is 2. The number of hydrogen-bond acceptors (Lipinski definition) is 4. The Morgan fingerprint density at radius 3 is 2.59 bits per heavy atom. The van der Waals surface area contributed by atoms with Crippen molar-refractivity contribution in [2.75, 3.05) is 18.6 Å². The molecule has 2 aromatic rings. The first-order valence-corrected chi connectivity index (χ1v) is 8.92. The molecule has 1 heterocycles. The molecule has 0 saturated heterocycles. The van der Waals surface area contributed by atoms with Gasteiger partial charge < -0.3 is 19.7 Å². The zero-order valence-electron chi connectivity index (χ0n) is 16.0. The summed E-state index contributed by atoms with van der Waals surface area (Å²) >= 11 is 0. The minimum Gasteiger partial charge on any atom is -0.493 e. The maximum atomic E-state index is 12.6. The van der Waals surface area contributed by atoms with E-state index in [2.05, 4.69) is 5.32 Å². The van der Waals surface area contributed by atoms with E-state index in [1.54, 1.807) is 18.1 Å². The van der Waals surface area contributed by atoms with Gasteiger partial charge in [0.05, 0.1) is 37.6 Å². The van der Waals surface area contributed by atoms with E-state index in [0.717, 1.165) is 11.1 Å². The van der Waals surface area contributed by atoms with Crippen LogP contribution in [0.25, 0.3) is 0 Å². The average Bonchev–Trinajstić information content (AvgIpc) is 2.74. The summed E-state index contributed by atoms with van der Waals surface area (Å²) in [6, 6.07) is 11.1. The van der Waals surface area contributed by atoms with E-state index in [0.29, 0.717) is 29.3 Å². The average molecular weight is 368 g/mol. The van der Waals surface area contributed by atoms with Crippen molar-refractivity contribution >= 4 is 17.5 Å². The van der Waals surface area contributed by atoms with Gasteiger partial charge in [0.1, 0.15) is 0 Å². The predicted octanol–water partition coefficient (Wildman–Crippen LogP) is 3.07. The number of hydrogen-bond donors (Lipinski definition) is 1. The van der Waals surface area contributed by atoms with E-state index in [-0.39, 0.29) is 24.5 Å². The summed E-state index contributed by atoms with van der Waals surface area (Å²) in [5.74, 6) is 0.878. The van der Waals surface area contributed by atoms with Gasteiger partial charge in [-0.3, -0.25) is 9.59 Å². The molecule has 1 aliphatic rings. The van der Waals surface area contributed by atoms with E-state index in [1.807, 2.05) is 51.1 Å². The number of fused-ring (bicyclic) bond motifs is 1. The highest BCUT2D eigenvalue weighted by atomic mass is 16.5. The van der Waals surface area contributed by atoms with Crippen molar-refractivity contribution < 1.29 is 19.1 Å². The van der Waals surface area contributed by atoms with Crippen LogP contribution in [-0.4, -0.2) is 31.6 Å². The fourth-order valence-electron chi connectivity index (χ4n) is 3.07. The molecule has 0 unspecified atom stereocenters. The number of carbonyl (C=O) groups excluding carboxylic acids is 2. The minimum atomic E-state index is -0.234. The summed E-state index contributed by atoms with van der Waals surface area (Å²) in [4.78, 5) is 26.6. The van der Waals surface area contributed by atoms with Gasteiger partial charge >= 0.3 is 0 Å². The number of methoxy groups -OCH3 is 1. The van der Waals surface area contributed by atoms with E-state index < -0.39 is 0 Å². The largest absolute Gasteiger partial charge is 0.493 e. The van der Waals surface area contributed by atoms with Crippen LogP contribution >= 0.6 is 0 Å². The highest BCUT2D eigenvalue weighted by Gasteiger charge is 2.26. The number of amides is 2. The normalized spacial score (nSPS) is 13.9. The third kappa shape index (κ3) is 4.05. The summed E-state index contributed by atoms with van der Waals surface area (Å²) in [6.45, 7) is 6.13. The SMILES string of the molecule is COc1cc(CN2C(=O)CNC(=O)c3cc(C)ccc32)ccc1OC(C)C. The molecule has 2 aromatic carbocycles. The molecule has 1 aliphatic heterocycles. The first kappa shape index (κ1) is 18.8. The Morgan fingerprint density at radius 1 is 1.11 bits per heavy atom. The Morgan fingerprint density at radius 2 is 1.89 bits per heavy atom. The van der Waals surface area contributed by atoms with Crippen molar-refractivity contribution in [2.45, 2.75) is 33.4 Å². The van der Waals surface area contributed by atoms with Crippen molar-refractivity contribution in [2.24, 2.45) is 0 Å². The van der Waals surface area contributed by atoms with Gasteiger partial charge in [-0.25, -0.2) is 0 Å². The van der Waals surface area contributed by atoms with Gasteiger partial charge in [0, 0.05) is 0 Å². The van der Waals surface area contributed by atoms with Gasteiger partial charge in [0.2, 0.25) is 5.91 Å². The molecule has 27 heavy (non-hydrogen) atoms. The molecule has 2 amide bonds. The summed E-state index contributed by atoms with van der Waals surface area (Å²) in [5, 5.41) is 2.67. The van der Waals surface area contributed by atoms with E-state index >= 15 is 0 Å². The molecule has 0 saturated carbocycles. The van der Waals surface area contributed by atoms with Crippen molar-refractivity contribution in [3.63, 3.8) is 0 Å². The van der Waals surface area contributed by atoms with Crippen LogP contribution in [0, 0.1) is 6.92 Å². The Labute approximate surface area is 159 Å². The van der Waals surface area contributed by atoms with Crippen molar-refractivity contribution in [3.8, 4) is 11.5 Å². The molecular weight excluding hydrogens is 344 g/mol. The molecule has 0 radical (unpaired) electrons. The van der Waals surface area contributed by atoms with Crippen LogP contribution in [0.1, 0.15) is 35.3 Å². The number of aryl methyl sites for hydroxylation is 1. The Kier molecular flexibility index (Phi) is 5.35. The van der Waals surface area contributed by atoms with Gasteiger partial charge in [-0.1, -0.05) is 17.7 Å². The van der Waals surface area contributed by atoms with Crippen molar-refractivity contribution in [1.82, 2.24) is 5.32 Å². The van der Waals surface area contributed by atoms with Gasteiger partial charge in [-0.15, -0.1) is 0 Å². The molecule has 0 aromatic heterocycles. The topological polar surface area (TPSA) is 67.9 Å². The molecule has 0 fully saturated rings. The summed E-state index contributed by atoms with van der Waals surface area (Å²) in [6.07, 6.45) is 0.0316. The number of nitrogens with one attached hydrogen (secondary N) is 1. The molecular formula is C21H24N2O4. The highest BCUT2D eigenvalue weighted by molar-refractivity contribution is 6.09. The van der Waals surface area contributed by atoms with E-state index in [1.165, 1.54) is 0 Å². The van der Waals surface area contributed by atoms with Crippen LogP contribution in [0.3, 0.4) is 0 Å². The number of nitrogens with zero attached hydrogens (tertiary/aromatic N) is 1. The first-order valence-electron chi connectivity index (χ1n) is 8.92. The molecule has 0 spiro atoms. The van der Waals surface area contributed by atoms with Crippen LogP contribution in [0.4, 0.5) is 5.69 Å². The minimum absolute atomic E-state index is 0.0295. The number of ether oxygens (including phenoxy) is 2. The second-order valence-corrected chi connectivity index (χ2v) is 6.83. The van der Waals surface area contributed by atoms with Crippen LogP contribution in [0.15, 0.2) is 36.4 Å². The summed E-state index contributed by atoms with van der Waals surface area (Å²) in [7, 11) is 1.59. The third-order valence-electron chi connectivity index (χ3n) is 4.32. The number of carbonyl (C=O) groups is 2. The first-order chi connectivity index (χ1) is 12.9. The zero-order valence-corrected chi connectivity index (χ0v) is 16.0. The lowest BCUT2D eigenvalue weighted by Gasteiger charge is -2.23. The lowest BCUT2D eigenvalue weighted by molar-refractivity contribution is -0.117. The molecule has 0 bridgehead atoms. The van der Waals surface area contributed by atoms with Crippen LogP contribution in [0.5, 0.6) is 11.5 Å². The van der Waals surface area contributed by atoms with Gasteiger partial charge in [0.15, 0.2) is 11.5 Å². The lowest BCUT2D eigenvalue weighted by atomic mass is 10.1. The van der Waals surface area contributed by atoms with Crippen LogP contribution < -0.4 is 19.7 Å². The molecule has 6 heteroatoms. The number of anilines is 1. The van der Waals surface area contributed by atoms with E-state index in [9.17, 15) is 9.59 Å².